The second-order valence-electron chi connectivity index (χ2n) is 6.28. The number of rotatable bonds is 5. The molecule has 0 fully saturated rings. The van der Waals surface area contributed by atoms with Crippen molar-refractivity contribution in [2.75, 3.05) is 28.2 Å². The molecule has 0 heterocycles. The first-order valence-corrected chi connectivity index (χ1v) is 8.75. The summed E-state index contributed by atoms with van der Waals surface area (Å²) in [5.74, 6) is 0.802. The van der Waals surface area contributed by atoms with Gasteiger partial charge in [-0.05, 0) is 35.4 Å². The van der Waals surface area contributed by atoms with Gasteiger partial charge < -0.3 is 15.1 Å². The number of carbonyl (C=O) groups is 1. The summed E-state index contributed by atoms with van der Waals surface area (Å²) in [4.78, 5) is 19.9. The lowest BCUT2D eigenvalue weighted by Crippen LogP contribution is -2.38. The molecule has 1 N–H and O–H groups in total. The van der Waals surface area contributed by atoms with Crippen LogP contribution in [-0.4, -0.2) is 49.9 Å². The molecule has 0 aromatic heterocycles. The normalized spacial score (nSPS) is 10.8. The zero-order valence-electron chi connectivity index (χ0n) is 16.1. The molecule has 0 aliphatic carbocycles. The highest BCUT2D eigenvalue weighted by Gasteiger charge is 2.09. The Hall–Kier alpha value is -1.80. The van der Waals surface area contributed by atoms with Gasteiger partial charge in [-0.2, -0.15) is 0 Å². The molecule has 5 nitrogen and oxygen atoms in total. The fourth-order valence-electron chi connectivity index (χ4n) is 2.53. The predicted molar refractivity (Wildman–Crippen MR) is 123 cm³/mol. The molecule has 7 heteroatoms. The summed E-state index contributed by atoms with van der Waals surface area (Å²) in [5.41, 5.74) is 2.93. The van der Waals surface area contributed by atoms with E-state index in [1.807, 2.05) is 60.5 Å². The van der Waals surface area contributed by atoms with Gasteiger partial charge in [0.15, 0.2) is 5.96 Å². The van der Waals surface area contributed by atoms with Crippen LogP contribution in [0.15, 0.2) is 53.5 Å². The van der Waals surface area contributed by atoms with E-state index in [1.54, 1.807) is 26.0 Å². The monoisotopic (exact) mass is 500 g/mol. The molecule has 0 saturated carbocycles. The lowest BCUT2D eigenvalue weighted by Gasteiger charge is -2.22. The Kier molecular flexibility index (Phi) is 9.59. The molecule has 0 aliphatic heterocycles. The predicted octanol–water partition coefficient (Wildman–Crippen LogP) is 3.87. The summed E-state index contributed by atoms with van der Waals surface area (Å²) in [7, 11) is 7.25. The Morgan fingerprint density at radius 1 is 1.00 bits per heavy atom. The molecule has 1 amide bonds. The first kappa shape index (κ1) is 23.2. The maximum Gasteiger partial charge on any atom is 0.253 e. The number of benzene rings is 2. The average molecular weight is 501 g/mol. The number of halogens is 2. The summed E-state index contributed by atoms with van der Waals surface area (Å²) in [6.07, 6.45) is 0. The molecule has 2 rings (SSSR count). The maximum absolute atomic E-state index is 11.9. The van der Waals surface area contributed by atoms with Crippen molar-refractivity contribution < 1.29 is 4.79 Å². The van der Waals surface area contributed by atoms with Crippen molar-refractivity contribution in [1.82, 2.24) is 15.1 Å². The van der Waals surface area contributed by atoms with Crippen LogP contribution in [0.4, 0.5) is 0 Å². The number of hydrogen-bond donors (Lipinski definition) is 1. The van der Waals surface area contributed by atoms with Gasteiger partial charge in [0, 0.05) is 51.9 Å². The highest BCUT2D eigenvalue weighted by atomic mass is 127. The number of nitrogens with zero attached hydrogens (tertiary/aromatic N) is 3. The molecule has 0 atom stereocenters. The maximum atomic E-state index is 11.9. The molecule has 0 spiro atoms. The van der Waals surface area contributed by atoms with Crippen molar-refractivity contribution in [3.05, 3.63) is 70.2 Å². The van der Waals surface area contributed by atoms with Crippen molar-refractivity contribution in [1.29, 1.82) is 0 Å². The Bertz CT molecular complexity index is 761. The van der Waals surface area contributed by atoms with E-state index in [4.69, 9.17) is 11.6 Å². The third kappa shape index (κ3) is 7.03. The number of hydrogen-bond acceptors (Lipinski definition) is 2. The Labute approximate surface area is 183 Å². The van der Waals surface area contributed by atoms with E-state index < -0.39 is 0 Å². The fraction of sp³-hybridized carbons (Fsp3) is 0.300. The highest BCUT2D eigenvalue weighted by molar-refractivity contribution is 14.0. The molecule has 0 bridgehead atoms. The third-order valence-corrected chi connectivity index (χ3v) is 4.22. The van der Waals surface area contributed by atoms with Crippen molar-refractivity contribution in [3.63, 3.8) is 0 Å². The van der Waals surface area contributed by atoms with E-state index >= 15 is 0 Å². The summed E-state index contributed by atoms with van der Waals surface area (Å²) in [5, 5.41) is 4.07. The van der Waals surface area contributed by atoms with E-state index in [-0.39, 0.29) is 29.9 Å². The Balaban J connectivity index is 0.00000364. The van der Waals surface area contributed by atoms with E-state index in [1.165, 1.54) is 0 Å². The Morgan fingerprint density at radius 2 is 1.56 bits per heavy atom. The van der Waals surface area contributed by atoms with Crippen molar-refractivity contribution in [2.45, 2.75) is 13.1 Å². The van der Waals surface area contributed by atoms with Crippen LogP contribution in [0.5, 0.6) is 0 Å². The van der Waals surface area contributed by atoms with Gasteiger partial charge in [0.05, 0.1) is 0 Å². The van der Waals surface area contributed by atoms with Gasteiger partial charge >= 0.3 is 0 Å². The van der Waals surface area contributed by atoms with Crippen LogP contribution in [0.1, 0.15) is 21.5 Å². The molecule has 0 radical (unpaired) electrons. The van der Waals surface area contributed by atoms with Crippen molar-refractivity contribution in [3.8, 4) is 0 Å². The molecular formula is C20H26ClIN4O. The van der Waals surface area contributed by atoms with Crippen LogP contribution in [0, 0.1) is 0 Å². The number of carbonyl (C=O) groups excluding carboxylic acids is 1. The second kappa shape index (κ2) is 11.1. The van der Waals surface area contributed by atoms with Gasteiger partial charge in [0.25, 0.3) is 5.91 Å². The van der Waals surface area contributed by atoms with Gasteiger partial charge in [0.1, 0.15) is 0 Å². The lowest BCUT2D eigenvalue weighted by atomic mass is 10.1. The van der Waals surface area contributed by atoms with Gasteiger partial charge in [-0.25, -0.2) is 0 Å². The molecule has 146 valence electrons. The standard InChI is InChI=1S/C20H25ClN4O.HI/c1-22-20(25(4)14-16-7-11-18(21)12-8-16)23-13-15-5-9-17(10-6-15)19(26)24(2)3;/h5-12H,13-14H2,1-4H3,(H,22,23);1H. The topological polar surface area (TPSA) is 47.9 Å². The minimum absolute atomic E-state index is 0. The van der Waals surface area contributed by atoms with Gasteiger partial charge in [-0.1, -0.05) is 35.9 Å². The molecule has 0 unspecified atom stereocenters. The van der Waals surface area contributed by atoms with Crippen LogP contribution in [-0.2, 0) is 13.1 Å². The molecule has 2 aromatic carbocycles. The third-order valence-electron chi connectivity index (χ3n) is 3.96. The van der Waals surface area contributed by atoms with Gasteiger partial charge in [0.2, 0.25) is 0 Å². The summed E-state index contributed by atoms with van der Waals surface area (Å²) in [6, 6.07) is 15.4. The smallest absolute Gasteiger partial charge is 0.253 e. The SMILES string of the molecule is CN=C(NCc1ccc(C(=O)N(C)C)cc1)N(C)Cc1ccc(Cl)cc1.I. The summed E-state index contributed by atoms with van der Waals surface area (Å²) < 4.78 is 0. The quantitative estimate of drug-likeness (QED) is 0.385. The molecular weight excluding hydrogens is 475 g/mol. The van der Waals surface area contributed by atoms with E-state index in [0.29, 0.717) is 12.1 Å². The van der Waals surface area contributed by atoms with Crippen molar-refractivity contribution >= 4 is 47.4 Å². The number of nitrogens with one attached hydrogen (secondary N) is 1. The van der Waals surface area contributed by atoms with Crippen LogP contribution < -0.4 is 5.32 Å². The first-order chi connectivity index (χ1) is 12.4. The van der Waals surface area contributed by atoms with E-state index in [9.17, 15) is 4.79 Å². The highest BCUT2D eigenvalue weighted by Crippen LogP contribution is 2.11. The number of amides is 1. The van der Waals surface area contributed by atoms with Crippen LogP contribution >= 0.6 is 35.6 Å². The minimum Gasteiger partial charge on any atom is -0.352 e. The van der Waals surface area contributed by atoms with Gasteiger partial charge in [-0.3, -0.25) is 9.79 Å². The lowest BCUT2D eigenvalue weighted by molar-refractivity contribution is 0.0827. The van der Waals surface area contributed by atoms with Crippen LogP contribution in [0.25, 0.3) is 0 Å². The average Bonchev–Trinajstić information content (AvgIpc) is 2.64. The van der Waals surface area contributed by atoms with Crippen LogP contribution in [0.2, 0.25) is 5.02 Å². The summed E-state index contributed by atoms with van der Waals surface area (Å²) >= 11 is 5.93. The Morgan fingerprint density at radius 3 is 2.07 bits per heavy atom. The zero-order chi connectivity index (χ0) is 19.1. The molecule has 27 heavy (non-hydrogen) atoms. The largest absolute Gasteiger partial charge is 0.352 e. The first-order valence-electron chi connectivity index (χ1n) is 8.37. The van der Waals surface area contributed by atoms with E-state index in [0.717, 1.165) is 28.7 Å². The summed E-state index contributed by atoms with van der Waals surface area (Å²) in [6.45, 7) is 1.36. The molecule has 0 saturated heterocycles. The van der Waals surface area contributed by atoms with Crippen molar-refractivity contribution in [2.24, 2.45) is 4.99 Å². The number of aliphatic imine (C=N–C) groups is 1. The fourth-order valence-corrected chi connectivity index (χ4v) is 2.65. The number of guanidine groups is 1. The second-order valence-corrected chi connectivity index (χ2v) is 6.72. The molecule has 0 aliphatic rings. The molecule has 2 aromatic rings. The zero-order valence-corrected chi connectivity index (χ0v) is 19.2. The van der Waals surface area contributed by atoms with Gasteiger partial charge in [-0.15, -0.1) is 24.0 Å². The minimum atomic E-state index is 0. The van der Waals surface area contributed by atoms with E-state index in [2.05, 4.69) is 10.3 Å². The van der Waals surface area contributed by atoms with Crippen LogP contribution in [0.3, 0.4) is 0 Å².